The predicted molar refractivity (Wildman–Crippen MR) is 143 cm³/mol. The molecule has 0 amide bonds. The third kappa shape index (κ3) is 5.91. The minimum atomic E-state index is 0.430. The van der Waals surface area contributed by atoms with Gasteiger partial charge in [0.15, 0.2) is 0 Å². The quantitative estimate of drug-likeness (QED) is 0.472. The molecule has 1 aliphatic carbocycles. The Bertz CT molecular complexity index is 740. The van der Waals surface area contributed by atoms with E-state index in [1.807, 2.05) is 7.11 Å². The summed E-state index contributed by atoms with van der Waals surface area (Å²) in [6, 6.07) is 7.43. The summed E-state index contributed by atoms with van der Waals surface area (Å²) >= 11 is 0. The molecule has 34 heavy (non-hydrogen) atoms. The number of anilines is 2. The molecular formula is C29H49N3O2. The van der Waals surface area contributed by atoms with E-state index in [1.165, 1.54) is 49.9 Å². The average molecular weight is 472 g/mol. The van der Waals surface area contributed by atoms with E-state index >= 15 is 0 Å². The second-order valence-corrected chi connectivity index (χ2v) is 11.0. The Morgan fingerprint density at radius 1 is 0.853 bits per heavy atom. The highest BCUT2D eigenvalue weighted by atomic mass is 16.5. The maximum Gasteiger partial charge on any atom is 0.0605 e. The van der Waals surface area contributed by atoms with E-state index in [9.17, 15) is 0 Å². The van der Waals surface area contributed by atoms with Crippen LogP contribution in [0.25, 0.3) is 0 Å². The summed E-state index contributed by atoms with van der Waals surface area (Å²) in [7, 11) is 3.66. The van der Waals surface area contributed by atoms with Crippen LogP contribution in [0.2, 0.25) is 0 Å². The lowest BCUT2D eigenvalue weighted by Crippen LogP contribution is -2.47. The molecule has 4 rings (SSSR count). The van der Waals surface area contributed by atoms with E-state index in [2.05, 4.69) is 46.7 Å². The van der Waals surface area contributed by atoms with E-state index in [0.29, 0.717) is 17.4 Å². The zero-order chi connectivity index (χ0) is 24.0. The van der Waals surface area contributed by atoms with Crippen molar-refractivity contribution in [2.45, 2.75) is 77.2 Å². The molecule has 3 aliphatic rings. The van der Waals surface area contributed by atoms with Gasteiger partial charge in [-0.25, -0.2) is 0 Å². The number of hydrogen-bond acceptors (Lipinski definition) is 5. The van der Waals surface area contributed by atoms with Gasteiger partial charge in [-0.1, -0.05) is 26.7 Å². The Morgan fingerprint density at radius 2 is 1.53 bits per heavy atom. The van der Waals surface area contributed by atoms with Crippen LogP contribution in [0.3, 0.4) is 0 Å². The lowest BCUT2D eigenvalue weighted by atomic mass is 9.66. The molecule has 5 nitrogen and oxygen atoms in total. The highest BCUT2D eigenvalue weighted by molar-refractivity contribution is 5.63. The molecule has 1 aromatic carbocycles. The van der Waals surface area contributed by atoms with Crippen molar-refractivity contribution >= 4 is 11.4 Å². The number of methoxy groups -OCH3 is 2. The molecule has 2 aliphatic heterocycles. The van der Waals surface area contributed by atoms with Crippen molar-refractivity contribution in [1.82, 2.24) is 4.90 Å². The molecule has 2 heterocycles. The Labute approximate surface area is 208 Å². The summed E-state index contributed by atoms with van der Waals surface area (Å²) in [4.78, 5) is 7.81. The highest BCUT2D eigenvalue weighted by Gasteiger charge is 2.34. The van der Waals surface area contributed by atoms with Crippen molar-refractivity contribution in [3.63, 3.8) is 0 Å². The van der Waals surface area contributed by atoms with Crippen LogP contribution in [0, 0.1) is 5.41 Å². The van der Waals surface area contributed by atoms with Crippen LogP contribution in [0.1, 0.15) is 76.7 Å². The van der Waals surface area contributed by atoms with Crippen LogP contribution in [-0.2, 0) is 9.47 Å². The summed E-state index contributed by atoms with van der Waals surface area (Å²) in [5, 5.41) is 0. The fourth-order valence-electron chi connectivity index (χ4n) is 6.63. The van der Waals surface area contributed by atoms with E-state index in [1.54, 1.807) is 12.7 Å². The van der Waals surface area contributed by atoms with Gasteiger partial charge in [-0.15, -0.1) is 0 Å². The van der Waals surface area contributed by atoms with Gasteiger partial charge >= 0.3 is 0 Å². The fourth-order valence-corrected chi connectivity index (χ4v) is 6.63. The summed E-state index contributed by atoms with van der Waals surface area (Å²) in [6.07, 6.45) is 10.8. The molecule has 192 valence electrons. The first-order valence-corrected chi connectivity index (χ1v) is 14.0. The summed E-state index contributed by atoms with van der Waals surface area (Å²) in [5.41, 5.74) is 5.14. The number of ether oxygens (including phenoxy) is 2. The third-order valence-corrected chi connectivity index (χ3v) is 9.46. The second kappa shape index (κ2) is 12.1. The predicted octanol–water partition coefficient (Wildman–Crippen LogP) is 5.53. The minimum absolute atomic E-state index is 0.430. The lowest BCUT2D eigenvalue weighted by Gasteiger charge is -2.42. The first-order valence-electron chi connectivity index (χ1n) is 14.0. The van der Waals surface area contributed by atoms with Gasteiger partial charge in [-0.05, 0) is 73.6 Å². The van der Waals surface area contributed by atoms with Gasteiger partial charge in [-0.2, -0.15) is 0 Å². The first kappa shape index (κ1) is 25.8. The van der Waals surface area contributed by atoms with Crippen molar-refractivity contribution in [2.24, 2.45) is 5.41 Å². The van der Waals surface area contributed by atoms with E-state index < -0.39 is 0 Å². The maximum atomic E-state index is 5.62. The van der Waals surface area contributed by atoms with Crippen LogP contribution in [0.15, 0.2) is 18.2 Å². The number of hydrogen-bond donors (Lipinski definition) is 0. The Balaban J connectivity index is 1.52. The first-order chi connectivity index (χ1) is 16.6. The van der Waals surface area contributed by atoms with Crippen molar-refractivity contribution in [3.8, 4) is 0 Å². The van der Waals surface area contributed by atoms with Crippen LogP contribution < -0.4 is 9.80 Å². The lowest BCUT2D eigenvalue weighted by molar-refractivity contribution is 0.0819. The van der Waals surface area contributed by atoms with Crippen molar-refractivity contribution < 1.29 is 9.47 Å². The van der Waals surface area contributed by atoms with Gasteiger partial charge in [0.1, 0.15) is 0 Å². The number of rotatable bonds is 9. The molecule has 0 radical (unpaired) electrons. The van der Waals surface area contributed by atoms with Crippen LogP contribution in [0.4, 0.5) is 11.4 Å². The van der Waals surface area contributed by atoms with Crippen LogP contribution in [0.5, 0.6) is 0 Å². The molecule has 0 bridgehead atoms. The molecular weight excluding hydrogens is 422 g/mol. The van der Waals surface area contributed by atoms with Gasteiger partial charge in [0.25, 0.3) is 0 Å². The SMILES string of the molecule is CCC1(CC)CCC(c2cc(N3CCC(OC)CC3)ccc2N2CCN(CCOC)CC2)CC1. The zero-order valence-electron chi connectivity index (χ0n) is 22.4. The maximum absolute atomic E-state index is 5.62. The van der Waals surface area contributed by atoms with Gasteiger partial charge in [0, 0.05) is 71.4 Å². The smallest absolute Gasteiger partial charge is 0.0605 e. The fraction of sp³-hybridized carbons (Fsp3) is 0.793. The van der Waals surface area contributed by atoms with Gasteiger partial charge in [0.2, 0.25) is 0 Å². The summed E-state index contributed by atoms with van der Waals surface area (Å²) in [5.74, 6) is 0.698. The summed E-state index contributed by atoms with van der Waals surface area (Å²) in [6.45, 7) is 13.4. The van der Waals surface area contributed by atoms with Crippen molar-refractivity contribution in [1.29, 1.82) is 0 Å². The number of piperazine rings is 1. The van der Waals surface area contributed by atoms with Crippen LogP contribution >= 0.6 is 0 Å². The molecule has 1 aromatic rings. The zero-order valence-corrected chi connectivity index (χ0v) is 22.4. The minimum Gasteiger partial charge on any atom is -0.383 e. The molecule has 0 atom stereocenters. The standard InChI is InChI=1S/C29H49N3O2/c1-5-29(6-2)13-9-24(10-14-29)27-23-25(31-15-11-26(34-4)12-16-31)7-8-28(27)32-19-17-30(18-20-32)21-22-33-3/h7-8,23-24,26H,5-6,9-22H2,1-4H3. The Morgan fingerprint density at radius 3 is 2.12 bits per heavy atom. The second-order valence-electron chi connectivity index (χ2n) is 11.0. The van der Waals surface area contributed by atoms with E-state index in [4.69, 9.17) is 9.47 Å². The van der Waals surface area contributed by atoms with Crippen molar-refractivity contribution in [2.75, 3.05) is 76.4 Å². The highest BCUT2D eigenvalue weighted by Crippen LogP contribution is 2.49. The summed E-state index contributed by atoms with van der Waals surface area (Å²) < 4.78 is 10.9. The molecule has 0 unspecified atom stereocenters. The molecule has 0 spiro atoms. The normalized spacial score (nSPS) is 22.9. The molecule has 2 saturated heterocycles. The molecule has 3 fully saturated rings. The number of benzene rings is 1. The molecule has 5 heteroatoms. The van der Waals surface area contributed by atoms with E-state index in [-0.39, 0.29) is 0 Å². The third-order valence-electron chi connectivity index (χ3n) is 9.46. The average Bonchev–Trinajstić information content (AvgIpc) is 2.92. The van der Waals surface area contributed by atoms with Crippen LogP contribution in [-0.4, -0.2) is 77.6 Å². The van der Waals surface area contributed by atoms with Crippen molar-refractivity contribution in [3.05, 3.63) is 23.8 Å². The molecule has 0 aromatic heterocycles. The largest absolute Gasteiger partial charge is 0.383 e. The number of nitrogens with zero attached hydrogens (tertiary/aromatic N) is 3. The Kier molecular flexibility index (Phi) is 9.17. The number of piperidine rings is 1. The Hall–Kier alpha value is -1.30. The molecule has 0 N–H and O–H groups in total. The van der Waals surface area contributed by atoms with E-state index in [0.717, 1.165) is 65.3 Å². The molecule has 1 saturated carbocycles. The van der Waals surface area contributed by atoms with Gasteiger partial charge in [0.05, 0.1) is 12.7 Å². The van der Waals surface area contributed by atoms with Gasteiger partial charge in [-0.3, -0.25) is 4.90 Å². The topological polar surface area (TPSA) is 28.2 Å². The van der Waals surface area contributed by atoms with Gasteiger partial charge < -0.3 is 19.3 Å². The monoisotopic (exact) mass is 471 g/mol.